The Morgan fingerprint density at radius 3 is 1.44 bits per heavy atom. The quantitative estimate of drug-likeness (QED) is 0.0246. The zero-order valence-corrected chi connectivity index (χ0v) is 78.9. The van der Waals surface area contributed by atoms with Crippen molar-refractivity contribution in [1.82, 2.24) is 95.3 Å². The molecule has 4 aliphatic rings. The number of phenolic OH excluding ortho intramolecular Hbond substituents is 2. The minimum atomic E-state index is -2.18. The lowest BCUT2D eigenvalue weighted by atomic mass is 10.0. The molecule has 4 heterocycles. The van der Waals surface area contributed by atoms with E-state index in [1.807, 2.05) is 10.6 Å². The fourth-order valence-corrected chi connectivity index (χ4v) is 20.3. The van der Waals surface area contributed by atoms with E-state index in [0.717, 1.165) is 30.9 Å². The Kier molecular flexibility index (Phi) is 46.3. The Bertz CT molecular complexity index is 4750. The van der Waals surface area contributed by atoms with Crippen molar-refractivity contribution in [2.45, 2.75) is 207 Å². The van der Waals surface area contributed by atoms with Gasteiger partial charge < -0.3 is 154 Å². The highest BCUT2D eigenvalue weighted by Crippen LogP contribution is 2.29. The lowest BCUT2D eigenvalue weighted by molar-refractivity contribution is -0.143. The normalized spacial score (nSPS) is 24.2. The maximum absolute atomic E-state index is 15.6. The first-order valence-corrected chi connectivity index (χ1v) is 49.8. The van der Waals surface area contributed by atoms with Gasteiger partial charge in [-0.3, -0.25) is 105 Å². The summed E-state index contributed by atoms with van der Waals surface area (Å²) in [6, 6.07) is -24.7. The van der Waals surface area contributed by atoms with Crippen LogP contribution >= 0.6 is 64.8 Å². The van der Waals surface area contributed by atoms with Crippen molar-refractivity contribution in [3.8, 4) is 11.5 Å². The Balaban J connectivity index is 1.60. The molecule has 0 aliphatic carbocycles. The molecule has 52 nitrogen and oxygen atoms in total. The van der Waals surface area contributed by atoms with E-state index >= 15 is 38.4 Å². The zero-order chi connectivity index (χ0) is 102. The number of nitrogens with one attached hydrogen (secondary N) is 17. The van der Waals surface area contributed by atoms with E-state index < -0.39 is 356 Å². The Morgan fingerprint density at radius 2 is 0.927 bits per heavy atom. The smallest absolute Gasteiger partial charge is 0.326 e. The van der Waals surface area contributed by atoms with Crippen LogP contribution in [0.4, 0.5) is 0 Å². The van der Waals surface area contributed by atoms with Crippen LogP contribution in [0, 0.1) is 5.92 Å². The molecule has 4 bridgehead atoms. The monoisotopic (exact) mass is 2040 g/mol. The third-order valence-corrected chi connectivity index (χ3v) is 27.9. The first-order valence-electron chi connectivity index (χ1n) is 42.3. The highest BCUT2D eigenvalue weighted by molar-refractivity contribution is 8.77. The second kappa shape index (κ2) is 55.9. The van der Waals surface area contributed by atoms with Crippen molar-refractivity contribution in [2.24, 2.45) is 28.9 Å². The molecule has 4 saturated heterocycles. The number of rotatable bonds is 31. The number of fused-ring (bicyclic) bond motifs is 20. The Labute approximate surface area is 805 Å². The number of nitrogens with zero attached hydrogens (tertiary/aromatic N) is 1. The van der Waals surface area contributed by atoms with Gasteiger partial charge in [0.25, 0.3) is 0 Å². The van der Waals surface area contributed by atoms with Crippen LogP contribution in [-0.2, 0) is 123 Å². The fourth-order valence-electron chi connectivity index (χ4n) is 13.3. The summed E-state index contributed by atoms with van der Waals surface area (Å²) in [4.78, 5) is 328. The molecule has 0 spiro atoms. The molecule has 0 unspecified atom stereocenters. The Hall–Kier alpha value is -12.2. The summed E-state index contributed by atoms with van der Waals surface area (Å²) < 4.78 is 0. The molecule has 0 aromatic heterocycles. The van der Waals surface area contributed by atoms with Crippen molar-refractivity contribution in [1.29, 1.82) is 0 Å². The number of benzene rings is 2. The number of aliphatic hydroxyl groups excluding tert-OH is 3. The van der Waals surface area contributed by atoms with Gasteiger partial charge >= 0.3 is 11.9 Å². The molecule has 21 amide bonds. The third-order valence-electron chi connectivity index (χ3n) is 20.6. The van der Waals surface area contributed by atoms with E-state index in [0.29, 0.717) is 64.8 Å². The molecule has 2 aromatic rings. The number of aliphatic hydroxyl groups is 3. The average Bonchev–Trinajstić information content (AvgIpc) is 1.72. The molecular formula is C79H112N22O30S6. The van der Waals surface area contributed by atoms with Crippen molar-refractivity contribution in [2.75, 3.05) is 60.8 Å². The number of carbonyl (C=O) groups is 23. The van der Waals surface area contributed by atoms with E-state index in [2.05, 4.69) is 79.8 Å². The fraction of sp³-hybridized carbons (Fsp3) is 0.557. The largest absolute Gasteiger partial charge is 0.508 e. The summed E-state index contributed by atoms with van der Waals surface area (Å²) in [6.45, 7) is 1.52. The van der Waals surface area contributed by atoms with Gasteiger partial charge in [-0.1, -0.05) is 103 Å². The molecule has 137 heavy (non-hydrogen) atoms. The van der Waals surface area contributed by atoms with E-state index in [4.69, 9.17) is 22.9 Å². The summed E-state index contributed by atoms with van der Waals surface area (Å²) in [5.41, 5.74) is 22.5. The number of hydrogen-bond donors (Lipinski definition) is 28. The summed E-state index contributed by atoms with van der Waals surface area (Å²) >= 11 is 0. The molecule has 2 aromatic carbocycles. The summed E-state index contributed by atoms with van der Waals surface area (Å²) in [7, 11) is 3.73. The van der Waals surface area contributed by atoms with Gasteiger partial charge in [0.1, 0.15) is 114 Å². The van der Waals surface area contributed by atoms with Crippen LogP contribution in [0.3, 0.4) is 0 Å². The van der Waals surface area contributed by atoms with Gasteiger partial charge in [-0.25, -0.2) is 4.79 Å². The molecule has 0 radical (unpaired) electrons. The maximum atomic E-state index is 15.6. The second-order valence-corrected chi connectivity index (χ2v) is 39.8. The third kappa shape index (κ3) is 37.7. The number of carboxylic acids is 2. The second-order valence-electron chi connectivity index (χ2n) is 32.1. The Morgan fingerprint density at radius 1 is 0.474 bits per heavy atom. The lowest BCUT2D eigenvalue weighted by Crippen LogP contribution is -2.62. The minimum absolute atomic E-state index is 0.0790. The molecule has 4 aliphatic heterocycles. The van der Waals surface area contributed by atoms with E-state index in [1.54, 1.807) is 13.8 Å². The molecule has 0 saturated carbocycles. The van der Waals surface area contributed by atoms with E-state index in [1.165, 1.54) is 36.4 Å². The highest BCUT2D eigenvalue weighted by Gasteiger charge is 2.44. The number of nitrogens with two attached hydrogens (primary N) is 4. The van der Waals surface area contributed by atoms with Gasteiger partial charge in [-0.2, -0.15) is 0 Å². The number of carboxylic acid groups (broad SMARTS) is 2. The molecule has 754 valence electrons. The van der Waals surface area contributed by atoms with Gasteiger partial charge in [-0.05, 0) is 80.8 Å². The topological polar surface area (TPSA) is 846 Å². The minimum Gasteiger partial charge on any atom is -0.508 e. The molecule has 6 rings (SSSR count). The van der Waals surface area contributed by atoms with Crippen LogP contribution in [-0.4, -0.2) is 352 Å². The van der Waals surface area contributed by atoms with Crippen LogP contribution in [0.2, 0.25) is 0 Å². The molecule has 19 atom stereocenters. The number of hydrogen-bond acceptors (Lipinski definition) is 35. The standard InChI is InChI=1S/C79H112N22O30S6/c1-33(2)18-42-65(116)96-52-30-133-132-27-49(70(121)92-46(79(130)131)20-37-9-13-39(106)14-10-37)86-59(110)24-84-77(128)61(35(4)104)100-75(126)54-32-137-134-28-50(71(122)87-41(64(115)88-42)15-16-60(111)112)98-74(125)53(31-136-135-29-51(99-73(52)124)72(123)91-45(23-58(83)109)78(129)101-17-5-6-55(101)76(127)85-34(3)62(113)95-54)97-66(117)43(19-36-7-11-38(105)12-8-36)89-67(118)44(22-57(82)108)90-68(119)48(26-103)94-69(120)47(25-102)93-63(114)40(80)21-56(81)107/h7-14,33-35,40-55,61,102-106H,5-6,15-32,80H2,1-4H3,(H2,81,107)(H2,82,108)(H2,83,109)(H,84,128)(H,85,127)(H,86,110)(H,87,122)(H,88,115)(H,89,118)(H,90,119)(H,91,123)(H,92,121)(H,93,114)(H,94,120)(H,95,113)(H,96,116)(H,97,117)(H,98,125)(H,99,124)(H,100,126)(H,111,112)(H,130,131)/t34-,35+,40-,41-,42-,43-,44-,45-,46-,47-,48-,49-,50-,51-,52-,53-,54-,55-,61-/m0/s1. The zero-order valence-electron chi connectivity index (χ0n) is 74.0. The summed E-state index contributed by atoms with van der Waals surface area (Å²) in [6.07, 6.45) is -7.93. The van der Waals surface area contributed by atoms with Gasteiger partial charge in [-0.15, -0.1) is 0 Å². The number of carbonyl (C=O) groups excluding carboxylic acids is 21. The van der Waals surface area contributed by atoms with Crippen LogP contribution in [0.5, 0.6) is 11.5 Å². The number of aliphatic carboxylic acids is 2. The van der Waals surface area contributed by atoms with Gasteiger partial charge in [0.15, 0.2) is 0 Å². The van der Waals surface area contributed by atoms with Crippen molar-refractivity contribution < 1.29 is 146 Å². The van der Waals surface area contributed by atoms with Crippen molar-refractivity contribution in [3.05, 3.63) is 59.7 Å². The summed E-state index contributed by atoms with van der Waals surface area (Å²) in [5, 5.41) is 112. The van der Waals surface area contributed by atoms with E-state index in [9.17, 15) is 108 Å². The molecule has 4 fully saturated rings. The SMILES string of the molecule is CC(C)C[C@@H]1NC(=O)[C@H](CCC(=O)O)NC(=O)[C@@H]2CSSC[C@@H]3NC(=O)[C@H](C)NC(=O)[C@@H]4CCCN4C(=O)[C@H](CC(N)=O)NC(=O)[C@H](CSSC[C@H](NC(=O)[C@H](Cc4ccc(O)cc4)NC(=O)[C@H](CC(N)=O)NC(=O)[C@H](CO)NC(=O)[C@H](CO)NC(=O)[C@@H](N)CC(N)=O)C(=O)N2)NC(=O)[C@H](CSSC[C@@H](C(=O)N[C@@H](Cc2ccc(O)cc2)C(=O)O)NC(=O)CNC(=O)[C@H]([C@@H](C)O)NC3=O)NC1=O. The van der Waals surface area contributed by atoms with Gasteiger partial charge in [0.05, 0.1) is 51.2 Å². The number of phenols is 2. The first kappa shape index (κ1) is 114. The van der Waals surface area contributed by atoms with Gasteiger partial charge in [0.2, 0.25) is 124 Å². The van der Waals surface area contributed by atoms with Crippen molar-refractivity contribution in [3.63, 3.8) is 0 Å². The van der Waals surface area contributed by atoms with Crippen LogP contribution in [0.1, 0.15) is 90.2 Å². The van der Waals surface area contributed by atoms with Crippen LogP contribution in [0.15, 0.2) is 48.5 Å². The van der Waals surface area contributed by atoms with Crippen LogP contribution in [0.25, 0.3) is 0 Å². The predicted octanol–water partition coefficient (Wildman–Crippen LogP) is -11.7. The lowest BCUT2D eigenvalue weighted by Gasteiger charge is -2.30. The van der Waals surface area contributed by atoms with Crippen molar-refractivity contribution >= 4 is 201 Å². The molecule has 58 heteroatoms. The number of primary amides is 3. The predicted molar refractivity (Wildman–Crippen MR) is 492 cm³/mol. The maximum Gasteiger partial charge on any atom is 0.326 e. The molecule has 32 N–H and O–H groups in total. The number of aromatic hydroxyl groups is 2. The highest BCUT2D eigenvalue weighted by atomic mass is 33.1. The van der Waals surface area contributed by atoms with E-state index in [-0.39, 0.29) is 48.4 Å². The number of amides is 21. The summed E-state index contributed by atoms with van der Waals surface area (Å²) in [5.74, 6) is -35.1. The first-order chi connectivity index (χ1) is 64.6. The molecular weight excluding hydrogens is 1930 g/mol. The van der Waals surface area contributed by atoms with Crippen LogP contribution < -0.4 is 113 Å². The average molecular weight is 2040 g/mol. The van der Waals surface area contributed by atoms with Gasteiger partial charge in [0, 0.05) is 60.3 Å².